The fourth-order valence-electron chi connectivity index (χ4n) is 1.41. The van der Waals surface area contributed by atoms with E-state index in [-0.39, 0.29) is 18.1 Å². The third kappa shape index (κ3) is 4.40. The minimum atomic E-state index is -0.0349. The summed E-state index contributed by atoms with van der Waals surface area (Å²) in [7, 11) is 0. The molecule has 18 heavy (non-hydrogen) atoms. The number of benzene rings is 1. The highest BCUT2D eigenvalue weighted by atomic mass is 16.5. The molecule has 0 unspecified atom stereocenters. The van der Waals surface area contributed by atoms with Crippen LogP contribution in [0.4, 0.5) is 0 Å². The van der Waals surface area contributed by atoms with Crippen LogP contribution in [0, 0.1) is 5.92 Å². The van der Waals surface area contributed by atoms with Gasteiger partial charge >= 0.3 is 0 Å². The molecule has 0 fully saturated rings. The number of hydrogen-bond donors (Lipinski definition) is 1. The fraction of sp³-hybridized carbons (Fsp3) is 0.533. The Bertz CT molecular complexity index is 382. The Kier molecular flexibility index (Phi) is 5.20. The molecular formula is C15H23NO2. The molecule has 3 heteroatoms. The lowest BCUT2D eigenvalue weighted by molar-refractivity contribution is 0.0930. The molecule has 3 nitrogen and oxygen atoms in total. The molecule has 1 atom stereocenters. The minimum absolute atomic E-state index is 0.0349. The van der Waals surface area contributed by atoms with E-state index in [1.165, 1.54) is 0 Å². The van der Waals surface area contributed by atoms with Crippen molar-refractivity contribution in [3.8, 4) is 5.75 Å². The topological polar surface area (TPSA) is 38.3 Å². The lowest BCUT2D eigenvalue weighted by atomic mass is 10.1. The van der Waals surface area contributed by atoms with E-state index in [4.69, 9.17) is 4.74 Å². The van der Waals surface area contributed by atoms with Gasteiger partial charge in [-0.2, -0.15) is 0 Å². The smallest absolute Gasteiger partial charge is 0.251 e. The second-order valence-electron chi connectivity index (χ2n) is 5.20. The van der Waals surface area contributed by atoms with Crippen molar-refractivity contribution in [3.63, 3.8) is 0 Å². The lowest BCUT2D eigenvalue weighted by Gasteiger charge is -2.17. The Labute approximate surface area is 110 Å². The number of ether oxygens (including phenoxy) is 1. The molecule has 1 rings (SSSR count). The average molecular weight is 249 g/mol. The van der Waals surface area contributed by atoms with E-state index < -0.39 is 0 Å². The SMILES string of the molecule is CC(C)Oc1ccc(C(=O)N[C@@H](C)C(C)C)cc1. The summed E-state index contributed by atoms with van der Waals surface area (Å²) >= 11 is 0. The van der Waals surface area contributed by atoms with Crippen molar-refractivity contribution in [2.75, 3.05) is 0 Å². The van der Waals surface area contributed by atoms with E-state index in [2.05, 4.69) is 19.2 Å². The zero-order valence-electron chi connectivity index (χ0n) is 11.9. The molecular weight excluding hydrogens is 226 g/mol. The molecule has 0 saturated heterocycles. The maximum Gasteiger partial charge on any atom is 0.251 e. The molecule has 0 saturated carbocycles. The van der Waals surface area contributed by atoms with E-state index in [0.29, 0.717) is 11.5 Å². The lowest BCUT2D eigenvalue weighted by Crippen LogP contribution is -2.36. The molecule has 0 heterocycles. The standard InChI is InChI=1S/C15H23NO2/c1-10(2)12(5)16-15(17)13-6-8-14(9-7-13)18-11(3)4/h6-12H,1-5H3,(H,16,17)/t12-/m0/s1. The summed E-state index contributed by atoms with van der Waals surface area (Å²) in [5, 5.41) is 2.98. The van der Waals surface area contributed by atoms with E-state index in [1.807, 2.05) is 32.9 Å². The van der Waals surface area contributed by atoms with Crippen LogP contribution in [0.3, 0.4) is 0 Å². The van der Waals surface area contributed by atoms with Gasteiger partial charge in [0.2, 0.25) is 0 Å². The predicted octanol–water partition coefficient (Wildman–Crippen LogP) is 3.25. The van der Waals surface area contributed by atoms with Gasteiger partial charge in [0.05, 0.1) is 6.10 Å². The van der Waals surface area contributed by atoms with Crippen molar-refractivity contribution in [2.24, 2.45) is 5.92 Å². The number of carbonyl (C=O) groups excluding carboxylic acids is 1. The second kappa shape index (κ2) is 6.43. The summed E-state index contributed by atoms with van der Waals surface area (Å²) in [6, 6.07) is 7.41. The van der Waals surface area contributed by atoms with Crippen LogP contribution in [0.5, 0.6) is 5.75 Å². The molecule has 0 bridgehead atoms. The minimum Gasteiger partial charge on any atom is -0.491 e. The number of carbonyl (C=O) groups is 1. The maximum absolute atomic E-state index is 11.9. The number of amides is 1. The Morgan fingerprint density at radius 1 is 1.06 bits per heavy atom. The predicted molar refractivity (Wildman–Crippen MR) is 74.0 cm³/mol. The van der Waals surface area contributed by atoms with Gasteiger partial charge in [-0.15, -0.1) is 0 Å². The molecule has 0 aliphatic carbocycles. The van der Waals surface area contributed by atoms with Crippen LogP contribution in [-0.2, 0) is 0 Å². The third-order valence-corrected chi connectivity index (χ3v) is 2.85. The van der Waals surface area contributed by atoms with Crippen molar-refractivity contribution in [1.82, 2.24) is 5.32 Å². The van der Waals surface area contributed by atoms with Crippen LogP contribution < -0.4 is 10.1 Å². The van der Waals surface area contributed by atoms with Crippen molar-refractivity contribution >= 4 is 5.91 Å². The summed E-state index contributed by atoms with van der Waals surface area (Å²) in [5.41, 5.74) is 0.665. The fourth-order valence-corrected chi connectivity index (χ4v) is 1.41. The van der Waals surface area contributed by atoms with E-state index in [0.717, 1.165) is 5.75 Å². The summed E-state index contributed by atoms with van der Waals surface area (Å²) in [4.78, 5) is 11.9. The van der Waals surface area contributed by atoms with Gasteiger partial charge in [0.25, 0.3) is 5.91 Å². The van der Waals surface area contributed by atoms with Crippen molar-refractivity contribution in [3.05, 3.63) is 29.8 Å². The Morgan fingerprint density at radius 2 is 1.61 bits per heavy atom. The first kappa shape index (κ1) is 14.6. The number of nitrogens with one attached hydrogen (secondary N) is 1. The highest BCUT2D eigenvalue weighted by molar-refractivity contribution is 5.94. The third-order valence-electron chi connectivity index (χ3n) is 2.85. The van der Waals surface area contributed by atoms with Gasteiger partial charge in [0.1, 0.15) is 5.75 Å². The van der Waals surface area contributed by atoms with E-state index in [1.54, 1.807) is 12.1 Å². The molecule has 1 aromatic rings. The molecule has 0 radical (unpaired) electrons. The first-order chi connectivity index (χ1) is 8.40. The van der Waals surface area contributed by atoms with Crippen LogP contribution in [0.1, 0.15) is 45.0 Å². The van der Waals surface area contributed by atoms with Gasteiger partial charge in [-0.05, 0) is 51.0 Å². The van der Waals surface area contributed by atoms with Crippen LogP contribution in [0.15, 0.2) is 24.3 Å². The van der Waals surface area contributed by atoms with Gasteiger partial charge in [0.15, 0.2) is 0 Å². The largest absolute Gasteiger partial charge is 0.491 e. The Hall–Kier alpha value is -1.51. The molecule has 1 amide bonds. The van der Waals surface area contributed by atoms with Gasteiger partial charge in [-0.1, -0.05) is 13.8 Å². The second-order valence-corrected chi connectivity index (χ2v) is 5.20. The van der Waals surface area contributed by atoms with Gasteiger partial charge in [-0.25, -0.2) is 0 Å². The maximum atomic E-state index is 11.9. The van der Waals surface area contributed by atoms with E-state index in [9.17, 15) is 4.79 Å². The monoisotopic (exact) mass is 249 g/mol. The molecule has 0 aromatic heterocycles. The van der Waals surface area contributed by atoms with Crippen molar-refractivity contribution in [1.29, 1.82) is 0 Å². The van der Waals surface area contributed by atoms with Crippen molar-refractivity contribution in [2.45, 2.75) is 46.8 Å². The van der Waals surface area contributed by atoms with Crippen LogP contribution in [0.2, 0.25) is 0 Å². The van der Waals surface area contributed by atoms with Gasteiger partial charge in [0, 0.05) is 11.6 Å². The first-order valence-electron chi connectivity index (χ1n) is 6.47. The van der Waals surface area contributed by atoms with E-state index >= 15 is 0 Å². The molecule has 0 spiro atoms. The number of hydrogen-bond acceptors (Lipinski definition) is 2. The zero-order chi connectivity index (χ0) is 13.7. The Morgan fingerprint density at radius 3 is 2.06 bits per heavy atom. The summed E-state index contributed by atoms with van der Waals surface area (Å²) in [6.07, 6.45) is 0.144. The highest BCUT2D eigenvalue weighted by Gasteiger charge is 2.12. The molecule has 1 aromatic carbocycles. The zero-order valence-corrected chi connectivity index (χ0v) is 11.9. The summed E-state index contributed by atoms with van der Waals surface area (Å²) in [5.74, 6) is 1.18. The quantitative estimate of drug-likeness (QED) is 0.870. The van der Waals surface area contributed by atoms with Crippen molar-refractivity contribution < 1.29 is 9.53 Å². The molecule has 100 valence electrons. The van der Waals surface area contributed by atoms with Crippen LogP contribution in [0.25, 0.3) is 0 Å². The average Bonchev–Trinajstić information content (AvgIpc) is 2.28. The first-order valence-corrected chi connectivity index (χ1v) is 6.47. The highest BCUT2D eigenvalue weighted by Crippen LogP contribution is 2.14. The normalized spacial score (nSPS) is 12.6. The summed E-state index contributed by atoms with van der Waals surface area (Å²) < 4.78 is 5.54. The molecule has 0 aliphatic heterocycles. The summed E-state index contributed by atoms with van der Waals surface area (Å²) in [6.45, 7) is 10.1. The van der Waals surface area contributed by atoms with Gasteiger partial charge in [-0.3, -0.25) is 4.79 Å². The van der Waals surface area contributed by atoms with Crippen LogP contribution >= 0.6 is 0 Å². The van der Waals surface area contributed by atoms with Crippen LogP contribution in [-0.4, -0.2) is 18.1 Å². The van der Waals surface area contributed by atoms with Gasteiger partial charge < -0.3 is 10.1 Å². The number of rotatable bonds is 5. The molecule has 0 aliphatic rings. The molecule has 1 N–H and O–H groups in total. The Balaban J connectivity index is 2.64.